The molecule has 0 fully saturated rings. The molecule has 6 heteroatoms. The van der Waals surface area contributed by atoms with Crippen molar-refractivity contribution in [1.29, 1.82) is 0 Å². The van der Waals surface area contributed by atoms with Gasteiger partial charge in [0.15, 0.2) is 11.5 Å². The molecule has 20 heavy (non-hydrogen) atoms. The molecule has 1 aromatic rings. The highest BCUT2D eigenvalue weighted by Gasteiger charge is 2.17. The molecule has 0 aliphatic carbocycles. The second-order valence-corrected chi connectivity index (χ2v) is 4.57. The van der Waals surface area contributed by atoms with Gasteiger partial charge in [0, 0.05) is 5.56 Å². The van der Waals surface area contributed by atoms with Crippen LogP contribution >= 0.6 is 0 Å². The Morgan fingerprint density at radius 1 is 1.20 bits per heavy atom. The number of benzene rings is 1. The monoisotopic (exact) mass is 281 g/mol. The number of nitrogens with one attached hydrogen (secondary N) is 1. The smallest absolute Gasteiger partial charge is 0.325 e. The molecular formula is C14H19NO5. The summed E-state index contributed by atoms with van der Waals surface area (Å²) in [6, 6.07) is 3.74. The fraction of sp³-hybridized carbons (Fsp3) is 0.429. The van der Waals surface area contributed by atoms with E-state index in [1.54, 1.807) is 12.1 Å². The molecule has 0 spiro atoms. The van der Waals surface area contributed by atoms with Gasteiger partial charge in [0.2, 0.25) is 0 Å². The van der Waals surface area contributed by atoms with E-state index < -0.39 is 17.9 Å². The van der Waals surface area contributed by atoms with Gasteiger partial charge in [-0.3, -0.25) is 9.59 Å². The number of hydrogen-bond acceptors (Lipinski definition) is 4. The molecule has 0 unspecified atom stereocenters. The number of methoxy groups -OCH3 is 1. The van der Waals surface area contributed by atoms with Gasteiger partial charge in [0.05, 0.1) is 13.2 Å². The third-order valence-corrected chi connectivity index (χ3v) is 2.51. The van der Waals surface area contributed by atoms with Crippen LogP contribution in [0.15, 0.2) is 18.2 Å². The van der Waals surface area contributed by atoms with Gasteiger partial charge in [0.1, 0.15) is 6.04 Å². The summed E-state index contributed by atoms with van der Waals surface area (Å²) < 4.78 is 10.7. The van der Waals surface area contributed by atoms with Crippen molar-refractivity contribution in [3.8, 4) is 11.5 Å². The van der Waals surface area contributed by atoms with Crippen LogP contribution in [-0.2, 0) is 4.79 Å². The summed E-state index contributed by atoms with van der Waals surface area (Å²) in [5, 5.41) is 11.1. The van der Waals surface area contributed by atoms with Crippen LogP contribution in [0.25, 0.3) is 0 Å². The lowest BCUT2D eigenvalue weighted by atomic mass is 10.1. The molecule has 6 nitrogen and oxygen atoms in total. The normalized spacial score (nSPS) is 11.8. The number of carboxylic acid groups (broad SMARTS) is 1. The maximum absolute atomic E-state index is 11.9. The molecule has 0 aliphatic heterocycles. The van der Waals surface area contributed by atoms with Crippen LogP contribution in [0.5, 0.6) is 11.5 Å². The zero-order valence-corrected chi connectivity index (χ0v) is 12.0. The second-order valence-electron chi connectivity index (χ2n) is 4.57. The third kappa shape index (κ3) is 4.15. The third-order valence-electron chi connectivity index (χ3n) is 2.51. The van der Waals surface area contributed by atoms with Gasteiger partial charge in [-0.15, -0.1) is 0 Å². The molecule has 0 aliphatic rings. The van der Waals surface area contributed by atoms with Crippen LogP contribution in [0.4, 0.5) is 0 Å². The number of rotatable bonds is 6. The first-order chi connectivity index (χ1) is 9.35. The van der Waals surface area contributed by atoms with E-state index in [2.05, 4.69) is 5.32 Å². The van der Waals surface area contributed by atoms with Crippen LogP contribution in [0.3, 0.4) is 0 Å². The van der Waals surface area contributed by atoms with Crippen molar-refractivity contribution in [2.75, 3.05) is 7.11 Å². The van der Waals surface area contributed by atoms with E-state index in [0.717, 1.165) is 0 Å². The maximum Gasteiger partial charge on any atom is 0.325 e. The standard InChI is InChI=1S/C14H19NO5/c1-8(2)20-11-6-5-10(7-12(11)19-4)13(16)15-9(3)14(17)18/h5-9H,1-4H3,(H,15,16)(H,17,18)/t9-/m0/s1. The summed E-state index contributed by atoms with van der Waals surface area (Å²) in [7, 11) is 1.48. The van der Waals surface area contributed by atoms with Gasteiger partial charge < -0.3 is 19.9 Å². The highest BCUT2D eigenvalue weighted by molar-refractivity contribution is 5.97. The van der Waals surface area contributed by atoms with E-state index in [1.807, 2.05) is 13.8 Å². The Morgan fingerprint density at radius 2 is 1.85 bits per heavy atom. The largest absolute Gasteiger partial charge is 0.493 e. The minimum Gasteiger partial charge on any atom is -0.493 e. The zero-order valence-electron chi connectivity index (χ0n) is 12.0. The first-order valence-electron chi connectivity index (χ1n) is 6.23. The molecule has 2 N–H and O–H groups in total. The zero-order chi connectivity index (χ0) is 15.3. The number of carbonyl (C=O) groups excluding carboxylic acids is 1. The summed E-state index contributed by atoms with van der Waals surface area (Å²) >= 11 is 0. The molecule has 1 atom stereocenters. The van der Waals surface area contributed by atoms with Crippen LogP contribution in [0.2, 0.25) is 0 Å². The van der Waals surface area contributed by atoms with Crippen LogP contribution in [-0.4, -0.2) is 36.2 Å². The van der Waals surface area contributed by atoms with Crippen molar-refractivity contribution < 1.29 is 24.2 Å². The highest BCUT2D eigenvalue weighted by Crippen LogP contribution is 2.28. The lowest BCUT2D eigenvalue weighted by molar-refractivity contribution is -0.138. The predicted octanol–water partition coefficient (Wildman–Crippen LogP) is 1.69. The van der Waals surface area contributed by atoms with Crippen molar-refractivity contribution in [3.63, 3.8) is 0 Å². The van der Waals surface area contributed by atoms with Crippen LogP contribution in [0.1, 0.15) is 31.1 Å². The number of hydrogen-bond donors (Lipinski definition) is 2. The number of carboxylic acids is 1. The summed E-state index contributed by atoms with van der Waals surface area (Å²) in [5.74, 6) is -0.612. The SMILES string of the molecule is COc1cc(C(=O)N[C@@H](C)C(=O)O)ccc1OC(C)C. The highest BCUT2D eigenvalue weighted by atomic mass is 16.5. The Bertz CT molecular complexity index is 498. The molecule has 0 radical (unpaired) electrons. The van der Waals surface area contributed by atoms with Crippen molar-refractivity contribution in [1.82, 2.24) is 5.32 Å². The minimum absolute atomic E-state index is 0.0180. The molecule has 0 bridgehead atoms. The molecule has 1 aromatic carbocycles. The molecular weight excluding hydrogens is 262 g/mol. The topological polar surface area (TPSA) is 84.9 Å². The van der Waals surface area contributed by atoms with Gasteiger partial charge in [-0.2, -0.15) is 0 Å². The maximum atomic E-state index is 11.9. The molecule has 110 valence electrons. The average Bonchev–Trinajstić information content (AvgIpc) is 2.38. The van der Waals surface area contributed by atoms with Crippen LogP contribution in [0, 0.1) is 0 Å². The predicted molar refractivity (Wildman–Crippen MR) is 73.3 cm³/mol. The van der Waals surface area contributed by atoms with Gasteiger partial charge >= 0.3 is 5.97 Å². The summed E-state index contributed by atoms with van der Waals surface area (Å²) in [4.78, 5) is 22.6. The van der Waals surface area contributed by atoms with Gasteiger partial charge in [-0.25, -0.2) is 0 Å². The number of amides is 1. The number of ether oxygens (including phenoxy) is 2. The van der Waals surface area contributed by atoms with Crippen molar-refractivity contribution in [3.05, 3.63) is 23.8 Å². The first kappa shape index (κ1) is 15.8. The molecule has 0 heterocycles. The Kier molecular flexibility index (Phi) is 5.37. The molecule has 0 aromatic heterocycles. The van der Waals surface area contributed by atoms with E-state index in [1.165, 1.54) is 20.1 Å². The fourth-order valence-electron chi connectivity index (χ4n) is 1.50. The van der Waals surface area contributed by atoms with Gasteiger partial charge in [0.25, 0.3) is 5.91 Å². The minimum atomic E-state index is -1.09. The number of aliphatic carboxylic acids is 1. The van der Waals surface area contributed by atoms with E-state index >= 15 is 0 Å². The van der Waals surface area contributed by atoms with E-state index in [0.29, 0.717) is 17.1 Å². The summed E-state index contributed by atoms with van der Waals surface area (Å²) in [5.41, 5.74) is 0.311. The molecule has 0 saturated heterocycles. The Balaban J connectivity index is 2.92. The van der Waals surface area contributed by atoms with E-state index in [4.69, 9.17) is 14.6 Å². The summed E-state index contributed by atoms with van der Waals surface area (Å²) in [6.45, 7) is 5.16. The first-order valence-corrected chi connectivity index (χ1v) is 6.23. The van der Waals surface area contributed by atoms with Crippen molar-refractivity contribution in [2.45, 2.75) is 32.9 Å². The Morgan fingerprint density at radius 3 is 2.35 bits per heavy atom. The number of carbonyl (C=O) groups is 2. The molecule has 1 rings (SSSR count). The molecule has 1 amide bonds. The Hall–Kier alpha value is -2.24. The fourth-order valence-corrected chi connectivity index (χ4v) is 1.50. The van der Waals surface area contributed by atoms with Gasteiger partial charge in [-0.05, 0) is 39.0 Å². The van der Waals surface area contributed by atoms with Crippen molar-refractivity contribution >= 4 is 11.9 Å². The van der Waals surface area contributed by atoms with E-state index in [-0.39, 0.29) is 6.10 Å². The van der Waals surface area contributed by atoms with Crippen LogP contribution < -0.4 is 14.8 Å². The lowest BCUT2D eigenvalue weighted by Crippen LogP contribution is -2.38. The average molecular weight is 281 g/mol. The quantitative estimate of drug-likeness (QED) is 0.828. The van der Waals surface area contributed by atoms with Gasteiger partial charge in [-0.1, -0.05) is 0 Å². The lowest BCUT2D eigenvalue weighted by Gasteiger charge is -2.15. The molecule has 0 saturated carbocycles. The van der Waals surface area contributed by atoms with E-state index in [9.17, 15) is 9.59 Å². The van der Waals surface area contributed by atoms with Crippen molar-refractivity contribution in [2.24, 2.45) is 0 Å². The second kappa shape index (κ2) is 6.79. The Labute approximate surface area is 117 Å². The summed E-state index contributed by atoms with van der Waals surface area (Å²) in [6.07, 6.45) is -0.0180.